The Kier molecular flexibility index (Phi) is 4.25. The number of rotatable bonds is 2. The van der Waals surface area contributed by atoms with E-state index in [0.717, 1.165) is 16.5 Å². The summed E-state index contributed by atoms with van der Waals surface area (Å²) in [4.78, 5) is 4.39. The summed E-state index contributed by atoms with van der Waals surface area (Å²) < 4.78 is 15.6. The molecule has 0 radical (unpaired) electrons. The van der Waals surface area contributed by atoms with E-state index in [4.69, 9.17) is 11.6 Å². The van der Waals surface area contributed by atoms with Gasteiger partial charge in [0.25, 0.3) is 0 Å². The average Bonchev–Trinajstić information content (AvgIpc) is 2.36. The number of fused-ring (bicyclic) bond motifs is 1. The van der Waals surface area contributed by atoms with Crippen LogP contribution in [0.25, 0.3) is 10.9 Å². The Balaban J connectivity index is 2.44. The van der Waals surface area contributed by atoms with Gasteiger partial charge in [0.15, 0.2) is 0 Å². The van der Waals surface area contributed by atoms with Crippen molar-refractivity contribution in [1.29, 1.82) is 0 Å². The first kappa shape index (κ1) is 15.1. The first-order valence-electron chi connectivity index (χ1n) is 6.31. The van der Waals surface area contributed by atoms with Crippen molar-refractivity contribution in [3.8, 4) is 0 Å². The van der Waals surface area contributed by atoms with Gasteiger partial charge >= 0.3 is 0 Å². The van der Waals surface area contributed by atoms with Gasteiger partial charge in [-0.25, -0.2) is 9.19 Å². The third kappa shape index (κ3) is 3.25. The second-order valence-electron chi connectivity index (χ2n) is 5.61. The number of benzene rings is 1. The zero-order chi connectivity index (χ0) is 14.9. The molecule has 1 aromatic heterocycles. The van der Waals surface area contributed by atoms with Crippen LogP contribution >= 0.6 is 11.6 Å². The van der Waals surface area contributed by atoms with Crippen molar-refractivity contribution in [2.45, 2.75) is 32.4 Å². The highest BCUT2D eigenvalue weighted by molar-refractivity contribution is 7.85. The van der Waals surface area contributed by atoms with Gasteiger partial charge in [-0.3, -0.25) is 0 Å². The minimum atomic E-state index is -1.30. The first-order chi connectivity index (χ1) is 9.29. The number of pyridine rings is 1. The minimum Gasteiger partial charge on any atom is -0.235 e. The van der Waals surface area contributed by atoms with Crippen molar-refractivity contribution < 1.29 is 4.21 Å². The molecule has 3 nitrogen and oxygen atoms in total. The molecular formula is C15H17ClN2OS. The van der Waals surface area contributed by atoms with Gasteiger partial charge in [0.05, 0.1) is 10.3 Å². The van der Waals surface area contributed by atoms with Crippen LogP contribution < -0.4 is 0 Å². The van der Waals surface area contributed by atoms with E-state index in [0.29, 0.717) is 10.7 Å². The van der Waals surface area contributed by atoms with Crippen molar-refractivity contribution in [3.63, 3.8) is 0 Å². The normalized spacial score (nSPS) is 14.1. The predicted octanol–water partition coefficient (Wildman–Crippen LogP) is 4.08. The lowest BCUT2D eigenvalue weighted by atomic mass is 10.1. The maximum absolute atomic E-state index is 11.9. The molecule has 0 aliphatic carbocycles. The van der Waals surface area contributed by atoms with Crippen molar-refractivity contribution in [2.24, 2.45) is 4.40 Å². The fraction of sp³-hybridized carbons (Fsp3) is 0.333. The van der Waals surface area contributed by atoms with E-state index >= 15 is 0 Å². The second-order valence-corrected chi connectivity index (χ2v) is 7.90. The number of aryl methyl sites for hydroxylation is 1. The number of aromatic nitrogens is 1. The molecule has 0 saturated heterocycles. The molecular weight excluding hydrogens is 292 g/mol. The van der Waals surface area contributed by atoms with E-state index < -0.39 is 11.0 Å². The van der Waals surface area contributed by atoms with Gasteiger partial charge in [-0.15, -0.1) is 0 Å². The molecule has 0 unspecified atom stereocenters. The first-order valence-corrected chi connectivity index (χ1v) is 7.79. The fourth-order valence-electron chi connectivity index (χ4n) is 1.69. The Morgan fingerprint density at radius 2 is 2.05 bits per heavy atom. The topological polar surface area (TPSA) is 42.3 Å². The molecule has 0 N–H and O–H groups in total. The van der Waals surface area contributed by atoms with Crippen molar-refractivity contribution in [1.82, 2.24) is 4.98 Å². The lowest BCUT2D eigenvalue weighted by Crippen LogP contribution is -2.19. The predicted molar refractivity (Wildman–Crippen MR) is 87.0 cm³/mol. The van der Waals surface area contributed by atoms with Crippen molar-refractivity contribution in [3.05, 3.63) is 40.5 Å². The average molecular weight is 309 g/mol. The second kappa shape index (κ2) is 5.62. The summed E-state index contributed by atoms with van der Waals surface area (Å²) in [5.74, 6) is 0. The van der Waals surface area contributed by atoms with Crippen molar-refractivity contribution in [2.75, 3.05) is 0 Å². The molecule has 0 saturated carbocycles. The summed E-state index contributed by atoms with van der Waals surface area (Å²) in [6.45, 7) is 7.63. The molecule has 0 fully saturated rings. The number of halogens is 1. The van der Waals surface area contributed by atoms with Gasteiger partial charge in [0.2, 0.25) is 0 Å². The quantitative estimate of drug-likeness (QED) is 0.620. The summed E-state index contributed by atoms with van der Waals surface area (Å²) in [5, 5.41) is 1.37. The Hall–Kier alpha value is -1.26. The fourth-order valence-corrected chi connectivity index (χ4v) is 2.41. The molecule has 2 aromatic rings. The molecule has 20 heavy (non-hydrogen) atoms. The highest BCUT2D eigenvalue weighted by Gasteiger charge is 2.18. The monoisotopic (exact) mass is 308 g/mol. The Bertz CT molecular complexity index is 705. The van der Waals surface area contributed by atoms with E-state index in [1.54, 1.807) is 6.21 Å². The standard InChI is InChI=1S/C15H17ClN2OS/c1-10-6-5-7-11-8-12(14(16)18-13(10)11)9-17-20(19)15(2,3)4/h5-9H,1-4H3/t20-/m1/s1. The number of para-hydroxylation sites is 1. The summed E-state index contributed by atoms with van der Waals surface area (Å²) >= 11 is 6.17. The van der Waals surface area contributed by atoms with Crippen LogP contribution in [-0.2, 0) is 11.0 Å². The van der Waals surface area contributed by atoms with Gasteiger partial charge in [-0.2, -0.15) is 4.40 Å². The van der Waals surface area contributed by atoms with Crippen LogP contribution in [-0.4, -0.2) is 20.2 Å². The third-order valence-corrected chi connectivity index (χ3v) is 4.49. The van der Waals surface area contributed by atoms with E-state index in [9.17, 15) is 4.21 Å². The van der Waals surface area contributed by atoms with Gasteiger partial charge in [-0.05, 0) is 39.3 Å². The third-order valence-electron chi connectivity index (χ3n) is 2.84. The largest absolute Gasteiger partial charge is 0.235 e. The maximum Gasteiger partial charge on any atom is 0.144 e. The van der Waals surface area contributed by atoms with Crippen LogP contribution in [0.5, 0.6) is 0 Å². The van der Waals surface area contributed by atoms with Gasteiger partial charge in [-0.1, -0.05) is 29.8 Å². The van der Waals surface area contributed by atoms with Crippen LogP contribution in [0.15, 0.2) is 28.7 Å². The molecule has 2 rings (SSSR count). The lowest BCUT2D eigenvalue weighted by Gasteiger charge is -2.12. The Labute approximate surface area is 126 Å². The lowest BCUT2D eigenvalue weighted by molar-refractivity contribution is 0.651. The van der Waals surface area contributed by atoms with Crippen LogP contribution in [0.1, 0.15) is 31.9 Å². The molecule has 1 heterocycles. The van der Waals surface area contributed by atoms with Crippen LogP contribution in [0.4, 0.5) is 0 Å². The van der Waals surface area contributed by atoms with Gasteiger partial charge in [0.1, 0.15) is 16.1 Å². The van der Waals surface area contributed by atoms with Gasteiger partial charge < -0.3 is 0 Å². The molecule has 0 aliphatic rings. The van der Waals surface area contributed by atoms with Gasteiger partial charge in [0, 0.05) is 17.2 Å². The van der Waals surface area contributed by atoms with Crippen LogP contribution in [0.2, 0.25) is 5.15 Å². The van der Waals surface area contributed by atoms with Crippen LogP contribution in [0.3, 0.4) is 0 Å². The van der Waals surface area contributed by atoms with E-state index in [1.165, 1.54) is 0 Å². The summed E-state index contributed by atoms with van der Waals surface area (Å²) in [6.07, 6.45) is 1.54. The molecule has 1 atom stereocenters. The molecule has 0 bridgehead atoms. The smallest absolute Gasteiger partial charge is 0.144 e. The highest BCUT2D eigenvalue weighted by Crippen LogP contribution is 2.22. The number of hydrogen-bond acceptors (Lipinski definition) is 2. The summed E-state index contributed by atoms with van der Waals surface area (Å²) in [6, 6.07) is 7.86. The van der Waals surface area contributed by atoms with Crippen molar-refractivity contribution >= 4 is 39.7 Å². The zero-order valence-corrected chi connectivity index (χ0v) is 13.5. The highest BCUT2D eigenvalue weighted by atomic mass is 35.5. The van der Waals surface area contributed by atoms with E-state index in [2.05, 4.69) is 9.38 Å². The summed E-state index contributed by atoms with van der Waals surface area (Å²) in [7, 11) is -1.30. The molecule has 0 amide bonds. The zero-order valence-electron chi connectivity index (χ0n) is 12.0. The minimum absolute atomic E-state index is 0.376. The number of hydrogen-bond donors (Lipinski definition) is 0. The molecule has 0 aliphatic heterocycles. The maximum atomic E-state index is 11.9. The number of nitrogens with zero attached hydrogens (tertiary/aromatic N) is 2. The van der Waals surface area contributed by atoms with E-state index in [1.807, 2.05) is 52.0 Å². The Morgan fingerprint density at radius 3 is 2.70 bits per heavy atom. The van der Waals surface area contributed by atoms with E-state index in [-0.39, 0.29) is 4.75 Å². The van der Waals surface area contributed by atoms with Crippen LogP contribution in [0, 0.1) is 6.92 Å². The Morgan fingerprint density at radius 1 is 1.35 bits per heavy atom. The molecule has 1 aromatic carbocycles. The molecule has 0 spiro atoms. The summed E-state index contributed by atoms with van der Waals surface area (Å²) in [5.41, 5.74) is 2.64. The molecule has 106 valence electrons. The molecule has 5 heteroatoms. The SMILES string of the molecule is Cc1cccc2cc(C=N[S@](=O)C(C)(C)C)c(Cl)nc12.